The second kappa shape index (κ2) is 21.6. The normalized spacial score (nSPS) is 9.29. The van der Waals surface area contributed by atoms with Crippen LogP contribution in [0.15, 0.2) is 0 Å². The van der Waals surface area contributed by atoms with Gasteiger partial charge >= 0.3 is 24.8 Å². The van der Waals surface area contributed by atoms with E-state index in [-0.39, 0.29) is 18.9 Å². The van der Waals surface area contributed by atoms with E-state index in [2.05, 4.69) is 47.2 Å². The van der Waals surface area contributed by atoms with Crippen LogP contribution < -0.4 is 24.0 Å². The molecule has 31 heavy (non-hydrogen) atoms. The molecule has 0 aromatic carbocycles. The Morgan fingerprint density at radius 1 is 0.613 bits per heavy atom. The number of hydrogen-bond donors (Lipinski definition) is 9. The van der Waals surface area contributed by atoms with E-state index >= 15 is 0 Å². The zero-order valence-electron chi connectivity index (χ0n) is 14.5. The Hall–Kier alpha value is -0.223. The maximum absolute atomic E-state index is 9.04. The van der Waals surface area contributed by atoms with Crippen molar-refractivity contribution in [3.63, 3.8) is 0 Å². The number of nitriles is 4. The van der Waals surface area contributed by atoms with Gasteiger partial charge in [-0.2, -0.15) is 21.0 Å². The van der Waals surface area contributed by atoms with Crippen LogP contribution in [0.25, 0.3) is 0 Å². The number of carbonyl (C=O) groups excluding carboxylic acids is 1. The van der Waals surface area contributed by atoms with Crippen molar-refractivity contribution in [2.75, 3.05) is 0 Å². The van der Waals surface area contributed by atoms with Gasteiger partial charge in [0.05, 0.1) is 0 Å². The third-order valence-electron chi connectivity index (χ3n) is 0.696. The molecule has 0 aliphatic rings. The number of hydrogen-bond acceptors (Lipinski definition) is 11. The van der Waals surface area contributed by atoms with Gasteiger partial charge in [0.25, 0.3) is 26.0 Å². The maximum Gasteiger partial charge on any atom is 1.00 e. The van der Waals surface area contributed by atoms with Gasteiger partial charge in [-0.05, 0) is 47.2 Å². The van der Waals surface area contributed by atoms with Crippen molar-refractivity contribution in [3.05, 3.63) is 0 Å². The number of aliphatic carboxylic acids is 2. The molecule has 0 rings (SSSR count). The first kappa shape index (κ1) is 44.5. The van der Waals surface area contributed by atoms with Gasteiger partial charge in [-0.1, -0.05) is 0 Å². The van der Waals surface area contributed by atoms with E-state index in [9.17, 15) is 0 Å². The minimum Gasteiger partial charge on any atom is -0.539 e. The van der Waals surface area contributed by atoms with E-state index in [0.29, 0.717) is 0 Å². The second-order valence-corrected chi connectivity index (χ2v) is 14.4. The fourth-order valence-electron chi connectivity index (χ4n) is 0. The first-order valence-corrected chi connectivity index (χ1v) is 16.0. The molecule has 0 bridgehead atoms. The van der Waals surface area contributed by atoms with Gasteiger partial charge in [0.15, 0.2) is 29.2 Å². The molecule has 0 radical (unpaired) electrons. The molecule has 0 saturated heterocycles. The molecule has 170 valence electrons. The van der Waals surface area contributed by atoms with Gasteiger partial charge in [0, 0.05) is 0 Å². The SMILES string of the molecule is N#CP(O)(O)=S.N#CP(O)(O)=S.N#CP(O)(O)=S.N#CP(O)(O)=S.O=C([O-])C(=O)O.[Li+]. The Morgan fingerprint density at radius 2 is 0.677 bits per heavy atom. The van der Waals surface area contributed by atoms with E-state index < -0.39 is 37.9 Å². The van der Waals surface area contributed by atoms with Gasteiger partial charge in [-0.3, -0.25) is 0 Å². The van der Waals surface area contributed by atoms with E-state index in [4.69, 9.17) is 80.0 Å². The van der Waals surface area contributed by atoms with E-state index in [0.717, 1.165) is 23.2 Å². The van der Waals surface area contributed by atoms with Crippen LogP contribution in [0, 0.1) is 44.3 Å². The molecule has 0 atom stereocenters. The van der Waals surface area contributed by atoms with Crippen LogP contribution in [0.2, 0.25) is 0 Å². The minimum absolute atomic E-state index is 0. The molecule has 0 unspecified atom stereocenters. The number of carbonyl (C=O) groups is 2. The van der Waals surface area contributed by atoms with Gasteiger partial charge in [0.2, 0.25) is 0 Å². The molecule has 0 amide bonds. The molecule has 0 saturated carbocycles. The van der Waals surface area contributed by atoms with Gasteiger partial charge < -0.3 is 54.2 Å². The molecule has 16 nitrogen and oxygen atoms in total. The molecule has 0 aliphatic carbocycles. The average Bonchev–Trinajstić information content (AvgIpc) is 2.54. The van der Waals surface area contributed by atoms with E-state index in [1.807, 2.05) is 0 Å². The number of rotatable bonds is 0. The van der Waals surface area contributed by atoms with Crippen molar-refractivity contribution in [3.8, 4) is 23.2 Å². The summed E-state index contributed by atoms with van der Waals surface area (Å²) in [4.78, 5) is 81.6. The Bertz CT molecular complexity index is 787. The first-order valence-electron chi connectivity index (χ1n) is 5.21. The van der Waals surface area contributed by atoms with E-state index in [1.54, 1.807) is 0 Å². The van der Waals surface area contributed by atoms with Gasteiger partial charge in [0.1, 0.15) is 0 Å². The first-order chi connectivity index (χ1) is 12.9. The molecule has 9 N–H and O–H groups in total. The van der Waals surface area contributed by atoms with Gasteiger partial charge in [-0.25, -0.2) is 4.79 Å². The Kier molecular flexibility index (Phi) is 31.0. The van der Waals surface area contributed by atoms with Crippen LogP contribution in [-0.2, 0) is 56.8 Å². The Labute approximate surface area is 206 Å². The maximum atomic E-state index is 9.04. The van der Waals surface area contributed by atoms with Crippen LogP contribution in [-0.4, -0.2) is 56.2 Å². The third-order valence-corrected chi connectivity index (χ3v) is 2.72. The summed E-state index contributed by atoms with van der Waals surface area (Å²) >= 11 is 15.4. The molecule has 0 aliphatic heterocycles. The van der Waals surface area contributed by atoms with E-state index in [1.165, 1.54) is 0 Å². The second-order valence-electron chi connectivity index (χ2n) is 3.17. The standard InChI is InChI=1S/C2H2O4.4CH2NO2PS.Li/c3-1(4)2(5)6;4*2-1-5(3,4)6;/h(H,3,4)(H,5,6);4*(H2,3,4,6);/q;;;;;+1/p-1. The fraction of sp³-hybridized carbons (Fsp3) is 0. The van der Waals surface area contributed by atoms with Crippen LogP contribution in [0.4, 0.5) is 0 Å². The topological polar surface area (TPSA) is 334 Å². The average molecular weight is 588 g/mol. The van der Waals surface area contributed by atoms with Crippen molar-refractivity contribution in [2.45, 2.75) is 0 Å². The Morgan fingerprint density at radius 3 is 0.677 bits per heavy atom. The predicted octanol–water partition coefficient (Wildman–Crippen LogP) is -6.13. The summed E-state index contributed by atoms with van der Waals surface area (Å²) in [6.07, 6.45) is 0. The van der Waals surface area contributed by atoms with Crippen LogP contribution in [0.5, 0.6) is 0 Å². The summed E-state index contributed by atoms with van der Waals surface area (Å²) in [6, 6.07) is 0. The number of carboxylic acid groups (broad SMARTS) is 2. The quantitative estimate of drug-likeness (QED) is 0.0722. The van der Waals surface area contributed by atoms with Gasteiger partial charge in [-0.15, -0.1) is 0 Å². The predicted molar refractivity (Wildman–Crippen MR) is 110 cm³/mol. The molecular formula is C6H9LiN4O12P4S4. The number of carboxylic acids is 2. The third kappa shape index (κ3) is 92.3. The molecular weight excluding hydrogens is 579 g/mol. The summed E-state index contributed by atoms with van der Waals surface area (Å²) in [5.74, 6) is 0.556. The van der Waals surface area contributed by atoms with Crippen LogP contribution in [0.1, 0.15) is 0 Å². The summed E-state index contributed by atoms with van der Waals surface area (Å²) in [5, 5.41) is 46.7. The molecule has 25 heteroatoms. The van der Waals surface area contributed by atoms with Crippen molar-refractivity contribution in [1.82, 2.24) is 0 Å². The zero-order valence-corrected chi connectivity index (χ0v) is 21.3. The molecule has 0 heterocycles. The smallest absolute Gasteiger partial charge is 0.539 e. The fourth-order valence-corrected chi connectivity index (χ4v) is 0. The monoisotopic (exact) mass is 588 g/mol. The minimum atomic E-state index is -3.51. The van der Waals surface area contributed by atoms with Crippen LogP contribution >= 0.6 is 26.0 Å². The van der Waals surface area contributed by atoms with Crippen molar-refractivity contribution < 1.29 is 77.8 Å². The number of nitrogens with zero attached hydrogens (tertiary/aromatic N) is 4. The molecule has 0 spiro atoms. The summed E-state index contributed by atoms with van der Waals surface area (Å²) in [6.45, 7) is -14.0. The Balaban J connectivity index is -0.0000000625. The summed E-state index contributed by atoms with van der Waals surface area (Å²) in [5.41, 5.74) is 0. The summed E-state index contributed by atoms with van der Waals surface area (Å²) < 4.78 is 0. The largest absolute Gasteiger partial charge is 1.00 e. The van der Waals surface area contributed by atoms with Crippen molar-refractivity contribution in [1.29, 1.82) is 21.0 Å². The molecule has 0 fully saturated rings. The van der Waals surface area contributed by atoms with Crippen molar-refractivity contribution in [2.24, 2.45) is 0 Å². The van der Waals surface area contributed by atoms with Crippen molar-refractivity contribution >= 4 is 85.1 Å². The summed E-state index contributed by atoms with van der Waals surface area (Å²) in [7, 11) is 0. The zero-order chi connectivity index (χ0) is 26.0. The molecule has 0 aromatic heterocycles. The van der Waals surface area contributed by atoms with Crippen LogP contribution in [0.3, 0.4) is 0 Å². The molecule has 0 aromatic rings.